The number of aromatic nitrogens is 2. The fourth-order valence-corrected chi connectivity index (χ4v) is 2.12. The van der Waals surface area contributed by atoms with Gasteiger partial charge in [0.05, 0.1) is 5.69 Å². The molecule has 7 heteroatoms. The maximum absolute atomic E-state index is 12.5. The van der Waals surface area contributed by atoms with Gasteiger partial charge in [-0.25, -0.2) is 4.68 Å². The van der Waals surface area contributed by atoms with Crippen LogP contribution in [0.1, 0.15) is 24.2 Å². The normalized spacial score (nSPS) is 13.5. The molecule has 0 spiro atoms. The van der Waals surface area contributed by atoms with Crippen LogP contribution >= 0.6 is 11.6 Å². The van der Waals surface area contributed by atoms with Crippen LogP contribution in [0, 0.1) is 0 Å². The Kier molecular flexibility index (Phi) is 4.06. The molecule has 108 valence electrons. The zero-order valence-corrected chi connectivity index (χ0v) is 11.6. The second-order valence-corrected chi connectivity index (χ2v) is 4.77. The van der Waals surface area contributed by atoms with Crippen LogP contribution in [0.2, 0.25) is 5.02 Å². The highest BCUT2D eigenvalue weighted by molar-refractivity contribution is 6.31. The molecule has 0 saturated carbocycles. The molecule has 0 bridgehead atoms. The van der Waals surface area contributed by atoms with Crippen LogP contribution in [0.5, 0.6) is 0 Å². The molecule has 1 unspecified atom stereocenters. The third-order valence-electron chi connectivity index (χ3n) is 3.03. The number of nitrogens with zero attached hydrogens (tertiary/aromatic N) is 2. The van der Waals surface area contributed by atoms with Gasteiger partial charge in [0, 0.05) is 17.3 Å². The van der Waals surface area contributed by atoms with Gasteiger partial charge in [-0.15, -0.1) is 0 Å². The molecule has 0 saturated heterocycles. The van der Waals surface area contributed by atoms with E-state index >= 15 is 0 Å². The lowest BCUT2D eigenvalue weighted by molar-refractivity contribution is -0.141. The predicted molar refractivity (Wildman–Crippen MR) is 71.1 cm³/mol. The maximum Gasteiger partial charge on any atom is 0.435 e. The predicted octanol–water partition coefficient (Wildman–Crippen LogP) is 3.82. The minimum Gasteiger partial charge on any atom is -0.313 e. The first-order valence-electron chi connectivity index (χ1n) is 5.93. The second kappa shape index (κ2) is 5.46. The molecule has 20 heavy (non-hydrogen) atoms. The van der Waals surface area contributed by atoms with E-state index in [-0.39, 0.29) is 6.04 Å². The first kappa shape index (κ1) is 14.9. The topological polar surface area (TPSA) is 29.9 Å². The van der Waals surface area contributed by atoms with Gasteiger partial charge >= 0.3 is 6.18 Å². The summed E-state index contributed by atoms with van der Waals surface area (Å²) in [5, 5.41) is 7.03. The Labute approximate surface area is 119 Å². The van der Waals surface area contributed by atoms with Crippen LogP contribution in [-0.2, 0) is 6.18 Å². The van der Waals surface area contributed by atoms with Crippen LogP contribution in [-0.4, -0.2) is 16.8 Å². The third-order valence-corrected chi connectivity index (χ3v) is 3.35. The highest BCUT2D eigenvalue weighted by atomic mass is 35.5. The van der Waals surface area contributed by atoms with Gasteiger partial charge in [-0.2, -0.15) is 18.3 Å². The van der Waals surface area contributed by atoms with Gasteiger partial charge < -0.3 is 5.32 Å². The molecule has 1 N–H and O–H groups in total. The van der Waals surface area contributed by atoms with Crippen molar-refractivity contribution in [1.82, 2.24) is 15.1 Å². The highest BCUT2D eigenvalue weighted by Crippen LogP contribution is 2.29. The molecular formula is C13H13ClF3N3. The quantitative estimate of drug-likeness (QED) is 0.934. The Balaban J connectivity index is 2.35. The molecule has 1 aromatic carbocycles. The van der Waals surface area contributed by atoms with Gasteiger partial charge in [-0.3, -0.25) is 0 Å². The van der Waals surface area contributed by atoms with Crippen LogP contribution < -0.4 is 5.32 Å². The zero-order chi connectivity index (χ0) is 14.9. The summed E-state index contributed by atoms with van der Waals surface area (Å²) in [6.07, 6.45) is -3.19. The third kappa shape index (κ3) is 2.96. The second-order valence-electron chi connectivity index (χ2n) is 4.36. The van der Waals surface area contributed by atoms with Crippen molar-refractivity contribution in [3.05, 3.63) is 46.7 Å². The fraction of sp³-hybridized carbons (Fsp3) is 0.308. The van der Waals surface area contributed by atoms with E-state index in [1.165, 1.54) is 6.20 Å². The molecule has 3 nitrogen and oxygen atoms in total. The number of hydrogen-bond acceptors (Lipinski definition) is 2. The summed E-state index contributed by atoms with van der Waals surface area (Å²) in [4.78, 5) is 0. The van der Waals surface area contributed by atoms with Crippen LogP contribution in [0.4, 0.5) is 13.2 Å². The summed E-state index contributed by atoms with van der Waals surface area (Å²) < 4.78 is 38.7. The molecule has 0 fully saturated rings. The number of rotatable bonds is 3. The van der Waals surface area contributed by atoms with Gasteiger partial charge in [0.1, 0.15) is 0 Å². The molecule has 1 atom stereocenters. The lowest BCUT2D eigenvalue weighted by Gasteiger charge is -2.13. The van der Waals surface area contributed by atoms with E-state index in [1.54, 1.807) is 25.2 Å². The average molecular weight is 304 g/mol. The van der Waals surface area contributed by atoms with Gasteiger partial charge in [0.15, 0.2) is 5.69 Å². The Bertz CT molecular complexity index is 607. The van der Waals surface area contributed by atoms with Crippen molar-refractivity contribution in [2.45, 2.75) is 19.1 Å². The number of nitrogens with one attached hydrogen (secondary N) is 1. The fourth-order valence-electron chi connectivity index (χ4n) is 1.78. The molecule has 2 rings (SSSR count). The van der Waals surface area contributed by atoms with E-state index in [9.17, 15) is 13.2 Å². The Morgan fingerprint density at radius 2 is 2.00 bits per heavy atom. The highest BCUT2D eigenvalue weighted by Gasteiger charge is 2.33. The smallest absolute Gasteiger partial charge is 0.313 e. The molecule has 1 heterocycles. The van der Waals surface area contributed by atoms with Crippen molar-refractivity contribution in [1.29, 1.82) is 0 Å². The number of benzene rings is 1. The molecule has 0 aliphatic heterocycles. The van der Waals surface area contributed by atoms with Crippen LogP contribution in [0.3, 0.4) is 0 Å². The number of alkyl halides is 3. The van der Waals surface area contributed by atoms with E-state index in [2.05, 4.69) is 10.4 Å². The summed E-state index contributed by atoms with van der Waals surface area (Å²) in [5.41, 5.74) is 0.431. The molecule has 0 amide bonds. The molecule has 0 aliphatic rings. The van der Waals surface area contributed by atoms with Crippen LogP contribution in [0.25, 0.3) is 5.69 Å². The summed E-state index contributed by atoms with van der Waals surface area (Å²) in [7, 11) is 1.80. The van der Waals surface area contributed by atoms with Crippen molar-refractivity contribution in [2.24, 2.45) is 0 Å². The van der Waals surface area contributed by atoms with Crippen molar-refractivity contribution >= 4 is 11.6 Å². The summed E-state index contributed by atoms with van der Waals surface area (Å²) in [6.45, 7) is 1.94. The Morgan fingerprint density at radius 3 is 2.50 bits per heavy atom. The Morgan fingerprint density at radius 1 is 1.30 bits per heavy atom. The van der Waals surface area contributed by atoms with Gasteiger partial charge in [0.2, 0.25) is 0 Å². The zero-order valence-electron chi connectivity index (χ0n) is 10.9. The molecule has 2 aromatic rings. The van der Waals surface area contributed by atoms with E-state index in [0.717, 1.165) is 16.3 Å². The van der Waals surface area contributed by atoms with E-state index < -0.39 is 11.9 Å². The monoisotopic (exact) mass is 303 g/mol. The summed E-state index contributed by atoms with van der Waals surface area (Å²) in [6, 6.07) is 6.03. The van der Waals surface area contributed by atoms with Crippen LogP contribution in [0.15, 0.2) is 30.5 Å². The first-order chi connectivity index (χ1) is 9.32. The number of halogens is 4. The number of hydrogen-bond donors (Lipinski definition) is 1. The van der Waals surface area contributed by atoms with Crippen molar-refractivity contribution < 1.29 is 13.2 Å². The minimum atomic E-state index is -4.45. The minimum absolute atomic E-state index is 0.0555. The summed E-state index contributed by atoms with van der Waals surface area (Å²) in [5.74, 6) is 0. The molecule has 1 aromatic heterocycles. The lowest BCUT2D eigenvalue weighted by atomic mass is 10.1. The standard InChI is InChI=1S/C13H13ClF3N3/c1-8(18-2)10-4-3-9(7-11(10)14)20-6-5-12(19-20)13(15,16)17/h3-8,18H,1-2H3. The van der Waals surface area contributed by atoms with Gasteiger partial charge in [0.25, 0.3) is 0 Å². The molecule has 0 radical (unpaired) electrons. The van der Waals surface area contributed by atoms with Crippen molar-refractivity contribution in [3.8, 4) is 5.69 Å². The SMILES string of the molecule is CNC(C)c1ccc(-n2ccc(C(F)(F)F)n2)cc1Cl. The molecular weight excluding hydrogens is 291 g/mol. The van der Waals surface area contributed by atoms with E-state index in [1.807, 2.05) is 6.92 Å². The summed E-state index contributed by atoms with van der Waals surface area (Å²) >= 11 is 6.15. The van der Waals surface area contributed by atoms with Gasteiger partial charge in [-0.05, 0) is 37.7 Å². The maximum atomic E-state index is 12.5. The first-order valence-corrected chi connectivity index (χ1v) is 6.30. The average Bonchev–Trinajstić information content (AvgIpc) is 2.87. The lowest BCUT2D eigenvalue weighted by Crippen LogP contribution is -2.13. The van der Waals surface area contributed by atoms with E-state index in [0.29, 0.717) is 10.7 Å². The van der Waals surface area contributed by atoms with Crippen molar-refractivity contribution in [2.75, 3.05) is 7.05 Å². The Hall–Kier alpha value is -1.53. The van der Waals surface area contributed by atoms with E-state index in [4.69, 9.17) is 11.6 Å². The molecule has 0 aliphatic carbocycles. The van der Waals surface area contributed by atoms with Crippen molar-refractivity contribution in [3.63, 3.8) is 0 Å². The van der Waals surface area contributed by atoms with Gasteiger partial charge in [-0.1, -0.05) is 17.7 Å². The largest absolute Gasteiger partial charge is 0.435 e.